The van der Waals surface area contributed by atoms with Crippen molar-refractivity contribution in [2.75, 3.05) is 24.6 Å². The molecule has 2 amide bonds. The molecular formula is C12H18N2O4S. The van der Waals surface area contributed by atoms with Gasteiger partial charge in [-0.15, -0.1) is 0 Å². The van der Waals surface area contributed by atoms with Crippen molar-refractivity contribution in [3.8, 4) is 0 Å². The molecule has 2 N–H and O–H groups in total. The number of hydrogen-bond donors (Lipinski definition) is 2. The minimum absolute atomic E-state index is 0.000422. The van der Waals surface area contributed by atoms with Crippen molar-refractivity contribution in [1.29, 1.82) is 0 Å². The number of nitrogens with zero attached hydrogens (tertiary/aromatic N) is 1. The van der Waals surface area contributed by atoms with E-state index in [2.05, 4.69) is 5.32 Å². The number of hydrogen-bond acceptors (Lipinski definition) is 4. The van der Waals surface area contributed by atoms with E-state index in [0.717, 1.165) is 24.3 Å². The first kappa shape index (κ1) is 14.2. The minimum Gasteiger partial charge on any atom is -0.480 e. The molecule has 2 saturated heterocycles. The molecule has 0 radical (unpaired) electrons. The van der Waals surface area contributed by atoms with E-state index in [1.165, 1.54) is 4.90 Å². The Morgan fingerprint density at radius 3 is 2.68 bits per heavy atom. The summed E-state index contributed by atoms with van der Waals surface area (Å²) in [5.41, 5.74) is 0. The van der Waals surface area contributed by atoms with Crippen LogP contribution in [0, 0.1) is 5.92 Å². The van der Waals surface area contributed by atoms with Crippen LogP contribution in [0.2, 0.25) is 0 Å². The first-order chi connectivity index (χ1) is 9.08. The van der Waals surface area contributed by atoms with Gasteiger partial charge in [0.05, 0.1) is 0 Å². The molecule has 0 aromatic carbocycles. The number of carbonyl (C=O) groups is 3. The number of aliphatic carboxylic acids is 1. The quantitative estimate of drug-likeness (QED) is 0.758. The molecule has 2 aliphatic heterocycles. The lowest BCUT2D eigenvalue weighted by molar-refractivity contribution is -0.154. The summed E-state index contributed by atoms with van der Waals surface area (Å²) in [5.74, 6) is 0.881. The van der Waals surface area contributed by atoms with Gasteiger partial charge in [0.2, 0.25) is 11.8 Å². The van der Waals surface area contributed by atoms with E-state index >= 15 is 0 Å². The Labute approximate surface area is 115 Å². The summed E-state index contributed by atoms with van der Waals surface area (Å²) in [6.07, 6.45) is 2.35. The molecule has 1 unspecified atom stereocenters. The van der Waals surface area contributed by atoms with Gasteiger partial charge < -0.3 is 15.3 Å². The third kappa shape index (κ3) is 3.62. The summed E-state index contributed by atoms with van der Waals surface area (Å²) in [6.45, 7) is -0.141. The van der Waals surface area contributed by atoms with Crippen LogP contribution in [0.5, 0.6) is 0 Å². The topological polar surface area (TPSA) is 86.7 Å². The lowest BCUT2D eigenvalue weighted by atomic mass is 9.97. The summed E-state index contributed by atoms with van der Waals surface area (Å²) in [4.78, 5) is 35.9. The molecule has 0 aliphatic carbocycles. The smallest absolute Gasteiger partial charge is 0.328 e. The molecular weight excluding hydrogens is 268 g/mol. The van der Waals surface area contributed by atoms with E-state index in [1.807, 2.05) is 11.8 Å². The molecule has 2 heterocycles. The minimum atomic E-state index is -1.06. The number of piperazine rings is 1. The number of carbonyl (C=O) groups excluding carboxylic acids is 2. The van der Waals surface area contributed by atoms with Crippen LogP contribution in [-0.4, -0.2) is 58.4 Å². The van der Waals surface area contributed by atoms with Gasteiger partial charge in [-0.2, -0.15) is 11.8 Å². The summed E-state index contributed by atoms with van der Waals surface area (Å²) < 4.78 is 0. The maximum atomic E-state index is 12.2. The van der Waals surface area contributed by atoms with Crippen LogP contribution in [0.3, 0.4) is 0 Å². The molecule has 0 aromatic heterocycles. The Bertz CT molecular complexity index is 382. The highest BCUT2D eigenvalue weighted by molar-refractivity contribution is 7.99. The third-order valence-electron chi connectivity index (χ3n) is 3.59. The van der Waals surface area contributed by atoms with Gasteiger partial charge in [0, 0.05) is 13.0 Å². The zero-order chi connectivity index (χ0) is 13.8. The van der Waals surface area contributed by atoms with Crippen molar-refractivity contribution in [2.24, 2.45) is 5.92 Å². The molecule has 6 nitrogen and oxygen atoms in total. The van der Waals surface area contributed by atoms with E-state index in [0.29, 0.717) is 12.3 Å². The van der Waals surface area contributed by atoms with Gasteiger partial charge in [-0.25, -0.2) is 4.79 Å². The Kier molecular flexibility index (Phi) is 4.68. The van der Waals surface area contributed by atoms with E-state index in [4.69, 9.17) is 5.11 Å². The second-order valence-electron chi connectivity index (χ2n) is 4.94. The SMILES string of the molecule is O=C1CN(C(=O)CC2CCSCC2)C(C(=O)O)CN1. The first-order valence-corrected chi connectivity index (χ1v) is 7.60. The summed E-state index contributed by atoms with van der Waals surface area (Å²) in [7, 11) is 0. The lowest BCUT2D eigenvalue weighted by Gasteiger charge is -2.34. The Balaban J connectivity index is 1.97. The standard InChI is InChI=1S/C12H18N2O4S/c15-10-7-14(9(6-13-10)12(17)18)11(16)5-8-1-3-19-4-2-8/h8-9H,1-7H2,(H,13,15)(H,17,18). The largest absolute Gasteiger partial charge is 0.480 e. The Morgan fingerprint density at radius 2 is 2.05 bits per heavy atom. The molecule has 2 aliphatic rings. The van der Waals surface area contributed by atoms with Gasteiger partial charge in [-0.3, -0.25) is 9.59 Å². The third-order valence-corrected chi connectivity index (χ3v) is 4.64. The van der Waals surface area contributed by atoms with Crippen LogP contribution < -0.4 is 5.32 Å². The number of carboxylic acids is 1. The van der Waals surface area contributed by atoms with Crippen LogP contribution in [-0.2, 0) is 14.4 Å². The van der Waals surface area contributed by atoms with Crippen LogP contribution >= 0.6 is 11.8 Å². The number of carboxylic acid groups (broad SMARTS) is 1. The Morgan fingerprint density at radius 1 is 1.37 bits per heavy atom. The number of rotatable bonds is 3. The molecule has 0 saturated carbocycles. The van der Waals surface area contributed by atoms with E-state index < -0.39 is 12.0 Å². The highest BCUT2D eigenvalue weighted by Crippen LogP contribution is 2.26. The highest BCUT2D eigenvalue weighted by atomic mass is 32.2. The van der Waals surface area contributed by atoms with E-state index in [9.17, 15) is 14.4 Å². The maximum absolute atomic E-state index is 12.2. The number of thioether (sulfide) groups is 1. The van der Waals surface area contributed by atoms with Crippen LogP contribution in [0.1, 0.15) is 19.3 Å². The lowest BCUT2D eigenvalue weighted by Crippen LogP contribution is -2.59. The second-order valence-corrected chi connectivity index (χ2v) is 6.16. The molecule has 0 spiro atoms. The molecule has 7 heteroatoms. The van der Waals surface area contributed by atoms with Crippen LogP contribution in [0.15, 0.2) is 0 Å². The van der Waals surface area contributed by atoms with E-state index in [-0.39, 0.29) is 24.9 Å². The average molecular weight is 286 g/mol. The van der Waals surface area contributed by atoms with Gasteiger partial charge in [0.1, 0.15) is 12.6 Å². The van der Waals surface area contributed by atoms with Gasteiger partial charge >= 0.3 is 5.97 Å². The monoisotopic (exact) mass is 286 g/mol. The summed E-state index contributed by atoms with van der Waals surface area (Å²) >= 11 is 1.88. The predicted molar refractivity (Wildman–Crippen MR) is 70.8 cm³/mol. The normalized spacial score (nSPS) is 24.9. The zero-order valence-electron chi connectivity index (χ0n) is 10.6. The molecule has 106 valence electrons. The van der Waals surface area contributed by atoms with Crippen molar-refractivity contribution in [3.63, 3.8) is 0 Å². The molecule has 19 heavy (non-hydrogen) atoms. The van der Waals surface area contributed by atoms with Crippen LogP contribution in [0.4, 0.5) is 0 Å². The first-order valence-electron chi connectivity index (χ1n) is 6.44. The van der Waals surface area contributed by atoms with Crippen molar-refractivity contribution < 1.29 is 19.5 Å². The van der Waals surface area contributed by atoms with E-state index in [1.54, 1.807) is 0 Å². The summed E-state index contributed by atoms with van der Waals surface area (Å²) in [6, 6.07) is -0.928. The highest BCUT2D eigenvalue weighted by Gasteiger charge is 2.35. The van der Waals surface area contributed by atoms with Crippen molar-refractivity contribution in [3.05, 3.63) is 0 Å². The van der Waals surface area contributed by atoms with Crippen molar-refractivity contribution >= 4 is 29.5 Å². The molecule has 1 atom stereocenters. The van der Waals surface area contributed by atoms with Crippen molar-refractivity contribution in [2.45, 2.75) is 25.3 Å². The Hall–Kier alpha value is -1.24. The maximum Gasteiger partial charge on any atom is 0.328 e. The zero-order valence-corrected chi connectivity index (χ0v) is 11.4. The fourth-order valence-electron chi connectivity index (χ4n) is 2.44. The van der Waals surface area contributed by atoms with Crippen molar-refractivity contribution in [1.82, 2.24) is 10.2 Å². The molecule has 0 bridgehead atoms. The van der Waals surface area contributed by atoms with Crippen LogP contribution in [0.25, 0.3) is 0 Å². The fraction of sp³-hybridized carbons (Fsp3) is 0.750. The predicted octanol–water partition coefficient (Wildman–Crippen LogP) is -0.0687. The van der Waals surface area contributed by atoms with Gasteiger partial charge in [-0.1, -0.05) is 0 Å². The van der Waals surface area contributed by atoms with Gasteiger partial charge in [0.15, 0.2) is 0 Å². The molecule has 2 fully saturated rings. The molecule has 0 aromatic rings. The molecule has 2 rings (SSSR count). The average Bonchev–Trinajstić information content (AvgIpc) is 2.39. The number of amides is 2. The van der Waals surface area contributed by atoms with Gasteiger partial charge in [0.25, 0.3) is 0 Å². The second kappa shape index (κ2) is 6.27. The van der Waals surface area contributed by atoms with Gasteiger partial charge in [-0.05, 0) is 30.3 Å². The number of nitrogens with one attached hydrogen (secondary N) is 1. The summed E-state index contributed by atoms with van der Waals surface area (Å²) in [5, 5.41) is 11.6. The fourth-order valence-corrected chi connectivity index (χ4v) is 3.64.